The van der Waals surface area contributed by atoms with Crippen LogP contribution in [0.25, 0.3) is 0 Å². The van der Waals surface area contributed by atoms with Crippen LogP contribution in [0.4, 0.5) is 4.39 Å². The summed E-state index contributed by atoms with van der Waals surface area (Å²) in [6, 6.07) is 6.12. The minimum absolute atomic E-state index is 0.198. The summed E-state index contributed by atoms with van der Waals surface area (Å²) in [7, 11) is 0. The minimum Gasteiger partial charge on any atom is -0.481 e. The second kappa shape index (κ2) is 8.72. The van der Waals surface area contributed by atoms with Crippen LogP contribution in [0.15, 0.2) is 48.6 Å². The maximum atomic E-state index is 14.5. The van der Waals surface area contributed by atoms with Crippen molar-refractivity contribution in [3.05, 3.63) is 60.0 Å². The summed E-state index contributed by atoms with van der Waals surface area (Å²) in [5, 5.41) is 9.20. The molecule has 0 saturated heterocycles. The lowest BCUT2D eigenvalue weighted by molar-refractivity contribution is -0.159. The number of carboxylic acid groups (broad SMARTS) is 1. The highest BCUT2D eigenvalue weighted by molar-refractivity contribution is 5.76. The van der Waals surface area contributed by atoms with E-state index in [1.807, 2.05) is 0 Å². The van der Waals surface area contributed by atoms with Crippen LogP contribution in [0, 0.1) is 23.6 Å². The van der Waals surface area contributed by atoms with Crippen LogP contribution in [-0.4, -0.2) is 17.0 Å². The molecule has 0 aromatic heterocycles. The van der Waals surface area contributed by atoms with Gasteiger partial charge in [-0.15, -0.1) is 0 Å². The van der Waals surface area contributed by atoms with Crippen molar-refractivity contribution in [2.75, 3.05) is 0 Å². The van der Waals surface area contributed by atoms with Gasteiger partial charge in [-0.1, -0.05) is 50.1 Å². The van der Waals surface area contributed by atoms with Gasteiger partial charge in [0.05, 0.1) is 11.8 Å². The number of carbonyl (C=O) groups excluding carboxylic acids is 1. The van der Waals surface area contributed by atoms with E-state index >= 15 is 0 Å². The van der Waals surface area contributed by atoms with Crippen LogP contribution in [0.1, 0.15) is 51.0 Å². The van der Waals surface area contributed by atoms with Gasteiger partial charge < -0.3 is 9.84 Å². The van der Waals surface area contributed by atoms with Gasteiger partial charge in [-0.25, -0.2) is 4.39 Å². The Morgan fingerprint density at radius 2 is 1.79 bits per heavy atom. The molecule has 0 atom stereocenters. The number of halogens is 1. The molecule has 1 aromatic rings. The van der Waals surface area contributed by atoms with Gasteiger partial charge in [0.25, 0.3) is 0 Å². The van der Waals surface area contributed by atoms with E-state index in [9.17, 15) is 19.1 Å². The molecule has 5 heteroatoms. The first-order valence-corrected chi connectivity index (χ1v) is 10.0. The molecule has 2 aliphatic rings. The van der Waals surface area contributed by atoms with Crippen LogP contribution in [0.5, 0.6) is 0 Å². The van der Waals surface area contributed by atoms with Crippen LogP contribution in [0.2, 0.25) is 0 Å². The Morgan fingerprint density at radius 3 is 2.36 bits per heavy atom. The second-order valence-corrected chi connectivity index (χ2v) is 7.78. The van der Waals surface area contributed by atoms with Crippen LogP contribution < -0.4 is 0 Å². The first-order chi connectivity index (χ1) is 13.4. The number of carbonyl (C=O) groups is 2. The topological polar surface area (TPSA) is 63.6 Å². The van der Waals surface area contributed by atoms with Gasteiger partial charge in [-0.2, -0.15) is 0 Å². The zero-order chi connectivity index (χ0) is 20.1. The molecule has 3 rings (SSSR count). The summed E-state index contributed by atoms with van der Waals surface area (Å²) in [5.41, 5.74) is -1.20. The van der Waals surface area contributed by atoms with E-state index in [0.29, 0.717) is 5.92 Å². The van der Waals surface area contributed by atoms with Gasteiger partial charge in [0.1, 0.15) is 5.82 Å². The first kappa shape index (κ1) is 20.3. The zero-order valence-electron chi connectivity index (χ0n) is 16.1. The Bertz CT molecular complexity index is 761. The normalized spacial score (nSPS) is 29.4. The predicted molar refractivity (Wildman–Crippen MR) is 104 cm³/mol. The van der Waals surface area contributed by atoms with E-state index < -0.39 is 23.3 Å². The number of carboxylic acids is 1. The highest BCUT2D eigenvalue weighted by atomic mass is 19.1. The molecule has 1 N–H and O–H groups in total. The van der Waals surface area contributed by atoms with Crippen molar-refractivity contribution in [3.63, 3.8) is 0 Å². The fourth-order valence-corrected chi connectivity index (χ4v) is 4.20. The smallest absolute Gasteiger partial charge is 0.314 e. The molecule has 0 unspecified atom stereocenters. The number of ether oxygens (including phenoxy) is 1. The molecule has 1 fully saturated rings. The van der Waals surface area contributed by atoms with Crippen molar-refractivity contribution in [1.82, 2.24) is 0 Å². The first-order valence-electron chi connectivity index (χ1n) is 10.0. The second-order valence-electron chi connectivity index (χ2n) is 7.78. The van der Waals surface area contributed by atoms with Crippen molar-refractivity contribution >= 4 is 11.9 Å². The van der Waals surface area contributed by atoms with Crippen molar-refractivity contribution in [2.45, 2.75) is 51.0 Å². The van der Waals surface area contributed by atoms with E-state index in [-0.39, 0.29) is 17.5 Å². The molecule has 2 aliphatic carbocycles. The molecule has 0 bridgehead atoms. The monoisotopic (exact) mass is 386 g/mol. The third-order valence-corrected chi connectivity index (χ3v) is 5.83. The van der Waals surface area contributed by atoms with E-state index in [2.05, 4.69) is 6.92 Å². The quantitative estimate of drug-likeness (QED) is 0.552. The fourth-order valence-electron chi connectivity index (χ4n) is 4.20. The van der Waals surface area contributed by atoms with E-state index in [4.69, 9.17) is 4.74 Å². The SMILES string of the molecule is CCCC1CCC(C(=O)OC2(c3ccccc3F)C=CC(C(=O)O)C=C2)CC1. The lowest BCUT2D eigenvalue weighted by Crippen LogP contribution is -2.35. The predicted octanol–water partition coefficient (Wildman–Crippen LogP) is 5.00. The molecule has 4 nitrogen and oxygen atoms in total. The molecule has 0 heterocycles. The standard InChI is InChI=1S/C23H27FO4/c1-2-5-16-8-10-18(11-9-16)22(27)28-23(19-6-3-4-7-20(19)24)14-12-17(13-15-23)21(25)26/h3-4,6-7,12-18H,2,5,8-11H2,1H3,(H,25,26). The number of hydrogen-bond acceptors (Lipinski definition) is 3. The van der Waals surface area contributed by atoms with Gasteiger partial charge in [0, 0.05) is 5.56 Å². The van der Waals surface area contributed by atoms with Crippen molar-refractivity contribution < 1.29 is 23.8 Å². The van der Waals surface area contributed by atoms with Gasteiger partial charge in [-0.3, -0.25) is 9.59 Å². The maximum Gasteiger partial charge on any atom is 0.314 e. The van der Waals surface area contributed by atoms with Crippen molar-refractivity contribution in [1.29, 1.82) is 0 Å². The third kappa shape index (κ3) is 4.34. The molecule has 1 aromatic carbocycles. The molecule has 0 radical (unpaired) electrons. The summed E-state index contributed by atoms with van der Waals surface area (Å²) in [6.45, 7) is 2.17. The van der Waals surface area contributed by atoms with Crippen molar-refractivity contribution in [2.24, 2.45) is 17.8 Å². The van der Waals surface area contributed by atoms with Crippen LogP contribution in [0.3, 0.4) is 0 Å². The molecule has 0 spiro atoms. The minimum atomic E-state index is -1.41. The largest absolute Gasteiger partial charge is 0.481 e. The summed E-state index contributed by atoms with van der Waals surface area (Å²) < 4.78 is 20.4. The summed E-state index contributed by atoms with van der Waals surface area (Å²) in [5.74, 6) is -2.19. The number of rotatable bonds is 6. The molecular weight excluding hydrogens is 359 g/mol. The van der Waals surface area contributed by atoms with E-state index in [0.717, 1.165) is 32.1 Å². The van der Waals surface area contributed by atoms with Crippen LogP contribution in [-0.2, 0) is 19.9 Å². The summed E-state index contributed by atoms with van der Waals surface area (Å²) in [4.78, 5) is 24.1. The third-order valence-electron chi connectivity index (χ3n) is 5.83. The molecule has 150 valence electrons. The summed E-state index contributed by atoms with van der Waals surface area (Å²) >= 11 is 0. The maximum absolute atomic E-state index is 14.5. The lowest BCUT2D eigenvalue weighted by atomic mass is 9.80. The van der Waals surface area contributed by atoms with E-state index in [1.165, 1.54) is 36.8 Å². The summed E-state index contributed by atoms with van der Waals surface area (Å²) in [6.07, 6.45) is 11.8. The Hall–Kier alpha value is -2.43. The zero-order valence-corrected chi connectivity index (χ0v) is 16.1. The van der Waals surface area contributed by atoms with Crippen molar-refractivity contribution in [3.8, 4) is 0 Å². The highest BCUT2D eigenvalue weighted by Crippen LogP contribution is 2.38. The number of aliphatic carboxylic acids is 1. The van der Waals surface area contributed by atoms with E-state index in [1.54, 1.807) is 18.2 Å². The Kier molecular flexibility index (Phi) is 6.32. The number of esters is 1. The Morgan fingerprint density at radius 1 is 1.14 bits per heavy atom. The average molecular weight is 386 g/mol. The number of hydrogen-bond donors (Lipinski definition) is 1. The number of benzene rings is 1. The molecule has 0 amide bonds. The van der Waals surface area contributed by atoms with Gasteiger partial charge >= 0.3 is 11.9 Å². The molecule has 1 saturated carbocycles. The Balaban J connectivity index is 1.81. The lowest BCUT2D eigenvalue weighted by Gasteiger charge is -2.34. The fraction of sp³-hybridized carbons (Fsp3) is 0.478. The molecule has 0 aliphatic heterocycles. The molecule has 28 heavy (non-hydrogen) atoms. The Labute approximate surface area is 165 Å². The van der Waals surface area contributed by atoms with Crippen LogP contribution >= 0.6 is 0 Å². The van der Waals surface area contributed by atoms with Gasteiger partial charge in [0.15, 0.2) is 5.60 Å². The van der Waals surface area contributed by atoms with Gasteiger partial charge in [-0.05, 0) is 49.8 Å². The average Bonchev–Trinajstić information content (AvgIpc) is 2.69. The highest BCUT2D eigenvalue weighted by Gasteiger charge is 2.39. The molecular formula is C23H27FO4. The van der Waals surface area contributed by atoms with Gasteiger partial charge in [0.2, 0.25) is 0 Å².